The summed E-state index contributed by atoms with van der Waals surface area (Å²) in [6.07, 6.45) is 0.105. The number of rotatable bonds is 6. The van der Waals surface area contributed by atoms with E-state index in [9.17, 15) is 13.6 Å². The lowest BCUT2D eigenvalue weighted by molar-refractivity contribution is -0.123. The molecule has 2 atom stereocenters. The molecule has 17 heavy (non-hydrogen) atoms. The van der Waals surface area contributed by atoms with E-state index in [2.05, 4.69) is 16.1 Å². The Bertz CT molecular complexity index is 292. The maximum atomic E-state index is 11.7. The van der Waals surface area contributed by atoms with Gasteiger partial charge in [-0.05, 0) is 19.3 Å². The maximum absolute atomic E-state index is 11.7. The number of carbonyl (C=O) groups is 1. The summed E-state index contributed by atoms with van der Waals surface area (Å²) < 4.78 is 28.1. The molecular weight excluding hydrogens is 230 g/mol. The number of nitriles is 1. The summed E-state index contributed by atoms with van der Waals surface area (Å²) in [5.74, 6) is -0.368. The van der Waals surface area contributed by atoms with Gasteiger partial charge in [0.1, 0.15) is 6.61 Å². The first-order valence-corrected chi connectivity index (χ1v) is 5.68. The Morgan fingerprint density at radius 3 is 2.94 bits per heavy atom. The second kappa shape index (κ2) is 7.17. The van der Waals surface area contributed by atoms with Crippen molar-refractivity contribution in [2.75, 3.05) is 13.2 Å². The normalized spacial score (nSPS) is 23.6. The van der Waals surface area contributed by atoms with Gasteiger partial charge in [-0.3, -0.25) is 4.79 Å². The average Bonchev–Trinajstić information content (AvgIpc) is 2.71. The Labute approximate surface area is 98.9 Å². The van der Waals surface area contributed by atoms with Crippen LogP contribution < -0.4 is 5.32 Å². The molecule has 6 heteroatoms. The molecule has 1 rings (SSSR count). The van der Waals surface area contributed by atoms with Crippen LogP contribution in [-0.4, -0.2) is 31.6 Å². The highest BCUT2D eigenvalue weighted by atomic mass is 19.3. The molecule has 0 aromatic carbocycles. The third-order valence-electron chi connectivity index (χ3n) is 2.75. The summed E-state index contributed by atoms with van der Waals surface area (Å²) in [5, 5.41) is 11.6. The number of alkyl halides is 2. The SMILES string of the molecule is N#CC1CCCC1NC(=O)CCOCC(F)F. The van der Waals surface area contributed by atoms with E-state index in [1.165, 1.54) is 0 Å². The van der Waals surface area contributed by atoms with Gasteiger partial charge in [0, 0.05) is 12.5 Å². The van der Waals surface area contributed by atoms with Crippen molar-refractivity contribution < 1.29 is 18.3 Å². The minimum atomic E-state index is -2.50. The molecule has 0 aromatic heterocycles. The van der Waals surface area contributed by atoms with Gasteiger partial charge in [-0.2, -0.15) is 5.26 Å². The van der Waals surface area contributed by atoms with Crippen molar-refractivity contribution in [3.8, 4) is 6.07 Å². The van der Waals surface area contributed by atoms with Gasteiger partial charge in [0.15, 0.2) is 0 Å². The lowest BCUT2D eigenvalue weighted by Gasteiger charge is -2.15. The molecule has 0 bridgehead atoms. The van der Waals surface area contributed by atoms with Crippen LogP contribution >= 0.6 is 0 Å². The second-order valence-electron chi connectivity index (χ2n) is 4.06. The fourth-order valence-electron chi connectivity index (χ4n) is 1.90. The molecule has 0 spiro atoms. The average molecular weight is 246 g/mol. The summed E-state index contributed by atoms with van der Waals surface area (Å²) in [7, 11) is 0. The zero-order valence-corrected chi connectivity index (χ0v) is 9.49. The van der Waals surface area contributed by atoms with E-state index in [4.69, 9.17) is 5.26 Å². The number of hydrogen-bond acceptors (Lipinski definition) is 3. The molecule has 1 saturated carbocycles. The standard InChI is InChI=1S/C11H16F2N2O2/c12-10(13)7-17-5-4-11(16)15-9-3-1-2-8(9)6-14/h8-10H,1-5,7H2,(H,15,16). The Kier molecular flexibility index (Phi) is 5.84. The van der Waals surface area contributed by atoms with Gasteiger partial charge >= 0.3 is 0 Å². The van der Waals surface area contributed by atoms with Gasteiger partial charge in [0.25, 0.3) is 6.43 Å². The van der Waals surface area contributed by atoms with E-state index in [0.29, 0.717) is 0 Å². The topological polar surface area (TPSA) is 62.1 Å². The van der Waals surface area contributed by atoms with Gasteiger partial charge in [-0.15, -0.1) is 0 Å². The largest absolute Gasteiger partial charge is 0.375 e. The molecule has 1 N–H and O–H groups in total. The predicted octanol–water partition coefficient (Wildman–Crippen LogP) is 1.47. The zero-order valence-electron chi connectivity index (χ0n) is 9.49. The van der Waals surface area contributed by atoms with Crippen LogP contribution in [0.3, 0.4) is 0 Å². The summed E-state index contributed by atoms with van der Waals surface area (Å²) in [4.78, 5) is 11.4. The molecule has 1 fully saturated rings. The number of ether oxygens (including phenoxy) is 1. The number of nitrogens with one attached hydrogen (secondary N) is 1. The molecule has 1 aliphatic carbocycles. The third-order valence-corrected chi connectivity index (χ3v) is 2.75. The minimum absolute atomic E-state index is 0.0138. The highest BCUT2D eigenvalue weighted by Crippen LogP contribution is 2.24. The van der Waals surface area contributed by atoms with Gasteiger partial charge in [0.2, 0.25) is 5.91 Å². The van der Waals surface area contributed by atoms with Crippen molar-refractivity contribution in [2.45, 2.75) is 38.2 Å². The van der Waals surface area contributed by atoms with Gasteiger partial charge in [-0.25, -0.2) is 8.78 Å². The molecule has 0 radical (unpaired) electrons. The first kappa shape index (κ1) is 13.8. The van der Waals surface area contributed by atoms with Gasteiger partial charge < -0.3 is 10.1 Å². The van der Waals surface area contributed by atoms with E-state index in [1.54, 1.807) is 0 Å². The van der Waals surface area contributed by atoms with Crippen molar-refractivity contribution in [3.05, 3.63) is 0 Å². The van der Waals surface area contributed by atoms with Crippen LogP contribution in [-0.2, 0) is 9.53 Å². The number of halogens is 2. The summed E-state index contributed by atoms with van der Waals surface area (Å²) in [6.45, 7) is -0.655. The Morgan fingerprint density at radius 2 is 2.29 bits per heavy atom. The van der Waals surface area contributed by atoms with Crippen LogP contribution in [0.2, 0.25) is 0 Å². The number of hydrogen-bond donors (Lipinski definition) is 1. The number of amides is 1. The molecule has 0 aromatic rings. The highest BCUT2D eigenvalue weighted by molar-refractivity contribution is 5.76. The molecule has 96 valence electrons. The van der Waals surface area contributed by atoms with Crippen molar-refractivity contribution in [3.63, 3.8) is 0 Å². The van der Waals surface area contributed by atoms with Crippen molar-refractivity contribution in [2.24, 2.45) is 5.92 Å². The number of carbonyl (C=O) groups excluding carboxylic acids is 1. The molecule has 0 saturated heterocycles. The van der Waals surface area contributed by atoms with Crippen molar-refractivity contribution in [1.29, 1.82) is 5.26 Å². The Morgan fingerprint density at radius 1 is 1.53 bits per heavy atom. The first-order valence-electron chi connectivity index (χ1n) is 5.68. The monoisotopic (exact) mass is 246 g/mol. The van der Waals surface area contributed by atoms with Crippen LogP contribution in [0.1, 0.15) is 25.7 Å². The molecule has 2 unspecified atom stereocenters. The fourth-order valence-corrected chi connectivity index (χ4v) is 1.90. The summed E-state index contributed by atoms with van der Waals surface area (Å²) in [6, 6.07) is 2.06. The van der Waals surface area contributed by atoms with E-state index in [1.807, 2.05) is 0 Å². The molecule has 1 amide bonds. The molecule has 0 heterocycles. The first-order chi connectivity index (χ1) is 8.13. The smallest absolute Gasteiger partial charge is 0.261 e. The second-order valence-corrected chi connectivity index (χ2v) is 4.06. The van der Waals surface area contributed by atoms with Crippen molar-refractivity contribution >= 4 is 5.91 Å². The van der Waals surface area contributed by atoms with Gasteiger partial charge in [-0.1, -0.05) is 0 Å². The highest BCUT2D eigenvalue weighted by Gasteiger charge is 2.28. The van der Waals surface area contributed by atoms with Crippen LogP contribution in [0, 0.1) is 17.2 Å². The fraction of sp³-hybridized carbons (Fsp3) is 0.818. The zero-order chi connectivity index (χ0) is 12.7. The quantitative estimate of drug-likeness (QED) is 0.722. The third kappa shape index (κ3) is 5.09. The number of nitrogens with zero attached hydrogens (tertiary/aromatic N) is 1. The Hall–Kier alpha value is -1.22. The molecular formula is C11H16F2N2O2. The maximum Gasteiger partial charge on any atom is 0.261 e. The van der Waals surface area contributed by atoms with Crippen LogP contribution in [0.5, 0.6) is 0 Å². The van der Waals surface area contributed by atoms with Crippen LogP contribution in [0.25, 0.3) is 0 Å². The predicted molar refractivity (Wildman–Crippen MR) is 56.3 cm³/mol. The van der Waals surface area contributed by atoms with Gasteiger partial charge in [0.05, 0.1) is 18.6 Å². The lowest BCUT2D eigenvalue weighted by atomic mass is 10.1. The van der Waals surface area contributed by atoms with Crippen LogP contribution in [0.15, 0.2) is 0 Å². The molecule has 0 aliphatic heterocycles. The Balaban J connectivity index is 2.14. The summed E-state index contributed by atoms with van der Waals surface area (Å²) >= 11 is 0. The van der Waals surface area contributed by atoms with E-state index in [0.717, 1.165) is 19.3 Å². The van der Waals surface area contributed by atoms with Crippen molar-refractivity contribution in [1.82, 2.24) is 5.32 Å². The van der Waals surface area contributed by atoms with E-state index < -0.39 is 13.0 Å². The van der Waals surface area contributed by atoms with Crippen LogP contribution in [0.4, 0.5) is 8.78 Å². The van der Waals surface area contributed by atoms with E-state index in [-0.39, 0.29) is 30.9 Å². The minimum Gasteiger partial charge on any atom is -0.375 e. The molecule has 4 nitrogen and oxygen atoms in total. The summed E-state index contributed by atoms with van der Waals surface area (Å²) in [5.41, 5.74) is 0. The van der Waals surface area contributed by atoms with E-state index >= 15 is 0 Å². The molecule has 1 aliphatic rings. The lowest BCUT2D eigenvalue weighted by Crippen LogP contribution is -2.37.